The van der Waals surface area contributed by atoms with Crippen LogP contribution in [0, 0.1) is 6.92 Å². The first-order valence-corrected chi connectivity index (χ1v) is 10.0. The maximum atomic E-state index is 5.98. The summed E-state index contributed by atoms with van der Waals surface area (Å²) in [7, 11) is 9.98. The van der Waals surface area contributed by atoms with Crippen molar-refractivity contribution >= 4 is 7.51 Å². The molecule has 0 spiro atoms. The molecule has 0 radical (unpaired) electrons. The van der Waals surface area contributed by atoms with E-state index in [0.29, 0.717) is 5.75 Å². The van der Waals surface area contributed by atoms with Crippen LogP contribution >= 0.6 is 7.51 Å². The molecule has 2 rings (SSSR count). The highest BCUT2D eigenvalue weighted by molar-refractivity contribution is 7.58. The van der Waals surface area contributed by atoms with Crippen molar-refractivity contribution in [1.29, 1.82) is 0 Å². The van der Waals surface area contributed by atoms with Crippen molar-refractivity contribution in [1.82, 2.24) is 14.0 Å². The lowest BCUT2D eigenvalue weighted by Gasteiger charge is -2.39. The summed E-state index contributed by atoms with van der Waals surface area (Å²) in [6, 6.07) is 15.5. The second-order valence-corrected chi connectivity index (χ2v) is 10.2. The Morgan fingerprint density at radius 3 is 1.81 bits per heavy atom. The third-order valence-corrected chi connectivity index (χ3v) is 7.58. The third-order valence-electron chi connectivity index (χ3n) is 4.06. The molecule has 0 bridgehead atoms. The summed E-state index contributed by atoms with van der Waals surface area (Å²) in [5.41, 5.74) is 0.912. The molecule has 6 nitrogen and oxygen atoms in total. The van der Waals surface area contributed by atoms with Crippen LogP contribution in [0.15, 0.2) is 53.4 Å². The van der Waals surface area contributed by atoms with Gasteiger partial charge in [0.15, 0.2) is 5.75 Å². The van der Waals surface area contributed by atoms with Crippen LogP contribution in [0.4, 0.5) is 0 Å². The van der Waals surface area contributed by atoms with Crippen molar-refractivity contribution in [3.8, 4) is 17.2 Å². The monoisotopic (exact) mass is 376 g/mol. The zero-order valence-electron chi connectivity index (χ0n) is 16.7. The summed E-state index contributed by atoms with van der Waals surface area (Å²) < 4.78 is 12.3. The van der Waals surface area contributed by atoms with Gasteiger partial charge < -0.3 is 9.57 Å². The molecular weight excluding hydrogens is 347 g/mol. The molecule has 0 aliphatic heterocycles. The van der Waals surface area contributed by atoms with E-state index in [2.05, 4.69) is 18.9 Å². The van der Waals surface area contributed by atoms with Gasteiger partial charge in [-0.25, -0.2) is 14.0 Å². The van der Waals surface area contributed by atoms with E-state index in [1.807, 2.05) is 97.7 Å². The van der Waals surface area contributed by atoms with E-state index in [4.69, 9.17) is 9.57 Å². The third kappa shape index (κ3) is 4.27. The Bertz CT molecular complexity index is 748. The van der Waals surface area contributed by atoms with E-state index < -0.39 is 7.51 Å². The molecule has 142 valence electrons. The SMILES string of the molecule is Cc1c(ON=P(N(C)C)(N(C)C)N(C)C)cccc1Oc1ccccc1. The van der Waals surface area contributed by atoms with Crippen LogP contribution in [0.25, 0.3) is 0 Å². The molecule has 0 amide bonds. The van der Waals surface area contributed by atoms with E-state index in [1.54, 1.807) is 0 Å². The number of hydrogen-bond donors (Lipinski definition) is 0. The molecule has 26 heavy (non-hydrogen) atoms. The molecule has 0 saturated carbocycles. The number of rotatable bonds is 7. The Morgan fingerprint density at radius 1 is 0.731 bits per heavy atom. The first kappa shape index (κ1) is 20.5. The van der Waals surface area contributed by atoms with Crippen LogP contribution in [0.2, 0.25) is 0 Å². The molecule has 0 aliphatic carbocycles. The lowest BCUT2D eigenvalue weighted by Crippen LogP contribution is -2.31. The van der Waals surface area contributed by atoms with Gasteiger partial charge in [0.1, 0.15) is 11.5 Å². The van der Waals surface area contributed by atoms with Gasteiger partial charge in [-0.1, -0.05) is 29.2 Å². The minimum atomic E-state index is -2.12. The summed E-state index contributed by atoms with van der Waals surface area (Å²) in [6.45, 7) is 1.98. The van der Waals surface area contributed by atoms with Crippen LogP contribution < -0.4 is 9.57 Å². The van der Waals surface area contributed by atoms with Crippen molar-refractivity contribution in [2.45, 2.75) is 6.92 Å². The minimum Gasteiger partial charge on any atom is -0.457 e. The standard InChI is InChI=1S/C19H29N4O2P/c1-16-18(24-17-12-9-8-10-13-17)14-11-15-19(16)25-20-26(21(2)3,22(4)5)23(6)7/h8-15H,1-7H3. The summed E-state index contributed by atoms with van der Waals surface area (Å²) in [6.07, 6.45) is 0. The molecule has 0 fully saturated rings. The smallest absolute Gasteiger partial charge is 0.210 e. The Balaban J connectivity index is 2.36. The van der Waals surface area contributed by atoms with Crippen molar-refractivity contribution in [3.63, 3.8) is 0 Å². The van der Waals surface area contributed by atoms with Crippen molar-refractivity contribution in [2.24, 2.45) is 4.91 Å². The number of ether oxygens (including phenoxy) is 1. The van der Waals surface area contributed by atoms with Crippen molar-refractivity contribution < 1.29 is 9.57 Å². The lowest BCUT2D eigenvalue weighted by atomic mass is 10.2. The minimum absolute atomic E-state index is 0.688. The highest BCUT2D eigenvalue weighted by Gasteiger charge is 2.30. The second kappa shape index (κ2) is 8.69. The van der Waals surface area contributed by atoms with E-state index >= 15 is 0 Å². The first-order valence-electron chi connectivity index (χ1n) is 8.43. The van der Waals surface area contributed by atoms with Crippen LogP contribution in [-0.2, 0) is 0 Å². The molecule has 0 heterocycles. The molecule has 0 unspecified atom stereocenters. The van der Waals surface area contributed by atoms with Crippen molar-refractivity contribution in [2.75, 3.05) is 42.3 Å². The van der Waals surface area contributed by atoms with Gasteiger partial charge in [0.25, 0.3) is 0 Å². The molecule has 2 aromatic carbocycles. The molecule has 0 aliphatic rings. The average molecular weight is 376 g/mol. The fourth-order valence-electron chi connectivity index (χ4n) is 2.81. The second-order valence-electron chi connectivity index (χ2n) is 6.55. The predicted molar refractivity (Wildman–Crippen MR) is 109 cm³/mol. The highest BCUT2D eigenvalue weighted by atomic mass is 31.2. The quantitative estimate of drug-likeness (QED) is 0.517. The number of para-hydroxylation sites is 1. The first-order chi connectivity index (χ1) is 12.3. The number of benzene rings is 2. The fraction of sp³-hybridized carbons (Fsp3) is 0.368. The van der Waals surface area contributed by atoms with Crippen molar-refractivity contribution in [3.05, 3.63) is 54.1 Å². The van der Waals surface area contributed by atoms with Gasteiger partial charge in [0, 0.05) is 5.56 Å². The molecule has 0 N–H and O–H groups in total. The summed E-state index contributed by atoms with van der Waals surface area (Å²) >= 11 is 0. The predicted octanol–water partition coefficient (Wildman–Crippen LogP) is 4.71. The van der Waals surface area contributed by atoms with Gasteiger partial charge in [0.05, 0.1) is 0 Å². The fourth-order valence-corrected chi connectivity index (χ4v) is 5.59. The molecule has 7 heteroatoms. The van der Waals surface area contributed by atoms with Crippen LogP contribution in [0.5, 0.6) is 17.2 Å². The van der Waals surface area contributed by atoms with E-state index in [1.165, 1.54) is 0 Å². The molecule has 0 atom stereocenters. The summed E-state index contributed by atoms with van der Waals surface area (Å²) in [4.78, 5) is 10.6. The normalized spacial score (nSPS) is 11.9. The van der Waals surface area contributed by atoms with Gasteiger partial charge >= 0.3 is 0 Å². The Hall–Kier alpha value is -1.85. The van der Waals surface area contributed by atoms with E-state index in [9.17, 15) is 0 Å². The van der Waals surface area contributed by atoms with Gasteiger partial charge in [0.2, 0.25) is 7.51 Å². The maximum absolute atomic E-state index is 5.98. The zero-order chi connectivity index (χ0) is 19.3. The molecule has 2 aromatic rings. The van der Waals surface area contributed by atoms with Gasteiger partial charge in [-0.3, -0.25) is 0 Å². The van der Waals surface area contributed by atoms with Crippen LogP contribution in [-0.4, -0.2) is 56.3 Å². The lowest BCUT2D eigenvalue weighted by molar-refractivity contribution is 0.320. The van der Waals surface area contributed by atoms with E-state index in [0.717, 1.165) is 17.1 Å². The van der Waals surface area contributed by atoms with Gasteiger partial charge in [-0.15, -0.1) is 0 Å². The average Bonchev–Trinajstić information content (AvgIpc) is 2.58. The largest absolute Gasteiger partial charge is 0.457 e. The van der Waals surface area contributed by atoms with E-state index in [-0.39, 0.29) is 0 Å². The number of hydrogen-bond acceptors (Lipinski definition) is 3. The summed E-state index contributed by atoms with van der Waals surface area (Å²) in [5.74, 6) is 2.24. The molecule has 0 aromatic heterocycles. The summed E-state index contributed by atoms with van der Waals surface area (Å²) in [5, 5.41) is 0. The van der Waals surface area contributed by atoms with Gasteiger partial charge in [-0.05, 0) is 73.5 Å². The topological polar surface area (TPSA) is 40.5 Å². The Kier molecular flexibility index (Phi) is 6.84. The highest BCUT2D eigenvalue weighted by Crippen LogP contribution is 2.54. The Morgan fingerprint density at radius 2 is 1.27 bits per heavy atom. The van der Waals surface area contributed by atoms with Crippen LogP contribution in [0.3, 0.4) is 0 Å². The van der Waals surface area contributed by atoms with Crippen LogP contribution in [0.1, 0.15) is 5.56 Å². The number of nitrogens with zero attached hydrogens (tertiary/aromatic N) is 4. The zero-order valence-corrected chi connectivity index (χ0v) is 17.6. The molecular formula is C19H29N4O2P. The molecule has 0 saturated heterocycles. The Labute approximate surface area is 157 Å². The van der Waals surface area contributed by atoms with Gasteiger partial charge in [-0.2, -0.15) is 0 Å². The maximum Gasteiger partial charge on any atom is 0.210 e.